The molecule has 2 heterocycles. The highest BCUT2D eigenvalue weighted by atomic mass is 16.1. The van der Waals surface area contributed by atoms with Gasteiger partial charge in [0.25, 0.3) is 5.91 Å². The third-order valence-corrected chi connectivity index (χ3v) is 6.97. The first-order chi connectivity index (χ1) is 14.4. The second-order valence-corrected chi connectivity index (χ2v) is 9.22. The Bertz CT molecular complexity index is 1120. The number of fused-ring (bicyclic) bond motifs is 1. The number of nitrogens with one attached hydrogen (secondary N) is 1. The zero-order valence-electron chi connectivity index (χ0n) is 18.3. The van der Waals surface area contributed by atoms with E-state index in [9.17, 15) is 4.79 Å². The van der Waals surface area contributed by atoms with Gasteiger partial charge in [-0.1, -0.05) is 18.2 Å². The molecule has 0 atom stereocenters. The van der Waals surface area contributed by atoms with Gasteiger partial charge in [-0.2, -0.15) is 0 Å². The first-order valence-corrected chi connectivity index (χ1v) is 10.8. The van der Waals surface area contributed by atoms with Gasteiger partial charge in [-0.15, -0.1) is 0 Å². The van der Waals surface area contributed by atoms with Crippen molar-refractivity contribution < 1.29 is 4.79 Å². The molecular weight excluding hydrogens is 372 g/mol. The SMILES string of the molecule is Cc1ccc(N2CC(N(C)C)C2)cc1C(=O)NC1(c2cccc3c2ccn3C)CC1. The molecule has 2 fully saturated rings. The summed E-state index contributed by atoms with van der Waals surface area (Å²) in [5, 5.41) is 4.63. The van der Waals surface area contributed by atoms with Crippen LogP contribution in [0.3, 0.4) is 0 Å². The molecule has 1 N–H and O–H groups in total. The third-order valence-electron chi connectivity index (χ3n) is 6.97. The molecule has 5 heteroatoms. The van der Waals surface area contributed by atoms with Crippen molar-refractivity contribution in [2.45, 2.75) is 31.3 Å². The first-order valence-electron chi connectivity index (χ1n) is 10.8. The van der Waals surface area contributed by atoms with Crippen LogP contribution in [-0.4, -0.2) is 48.6 Å². The molecule has 5 rings (SSSR count). The first kappa shape index (κ1) is 19.2. The standard InChI is InChI=1S/C25H30N4O/c1-17-8-9-18(29-15-19(16-29)27(2)3)14-21(17)24(30)26-25(11-12-25)22-6-5-7-23-20(22)10-13-28(23)4/h5-10,13-14,19H,11-12,15-16H2,1-4H3,(H,26,30). The zero-order valence-corrected chi connectivity index (χ0v) is 18.3. The summed E-state index contributed by atoms with van der Waals surface area (Å²) in [7, 11) is 6.31. The Kier molecular flexibility index (Phi) is 4.40. The Morgan fingerprint density at radius 1 is 1.13 bits per heavy atom. The highest BCUT2D eigenvalue weighted by Gasteiger charge is 2.47. The van der Waals surface area contributed by atoms with E-state index in [4.69, 9.17) is 0 Å². The lowest BCUT2D eigenvalue weighted by Crippen LogP contribution is -2.57. The number of anilines is 1. The van der Waals surface area contributed by atoms with Crippen molar-refractivity contribution in [1.29, 1.82) is 0 Å². The maximum Gasteiger partial charge on any atom is 0.252 e. The average Bonchev–Trinajstić information content (AvgIpc) is 3.36. The number of nitrogens with zero attached hydrogens (tertiary/aromatic N) is 3. The van der Waals surface area contributed by atoms with Crippen LogP contribution in [-0.2, 0) is 12.6 Å². The summed E-state index contributed by atoms with van der Waals surface area (Å²) in [6.07, 6.45) is 4.07. The van der Waals surface area contributed by atoms with E-state index in [-0.39, 0.29) is 11.4 Å². The van der Waals surface area contributed by atoms with Gasteiger partial charge in [0.05, 0.1) is 5.54 Å². The van der Waals surface area contributed by atoms with Crippen LogP contribution in [0.1, 0.15) is 34.3 Å². The normalized spacial score (nSPS) is 18.0. The van der Waals surface area contributed by atoms with Crippen LogP contribution in [0.25, 0.3) is 10.9 Å². The number of carbonyl (C=O) groups excluding carboxylic acids is 1. The Morgan fingerprint density at radius 2 is 1.90 bits per heavy atom. The predicted molar refractivity (Wildman–Crippen MR) is 122 cm³/mol. The fourth-order valence-electron chi connectivity index (χ4n) is 4.64. The average molecular weight is 403 g/mol. The summed E-state index contributed by atoms with van der Waals surface area (Å²) in [5.74, 6) is 0.0319. The molecule has 1 aliphatic carbocycles. The monoisotopic (exact) mass is 402 g/mol. The van der Waals surface area contributed by atoms with E-state index >= 15 is 0 Å². The smallest absolute Gasteiger partial charge is 0.252 e. The van der Waals surface area contributed by atoms with Crippen LogP contribution in [0.4, 0.5) is 5.69 Å². The van der Waals surface area contributed by atoms with Crippen LogP contribution in [0.5, 0.6) is 0 Å². The Hall–Kier alpha value is -2.79. The molecule has 30 heavy (non-hydrogen) atoms. The van der Waals surface area contributed by atoms with E-state index in [2.05, 4.69) is 89.5 Å². The summed E-state index contributed by atoms with van der Waals surface area (Å²) in [6, 6.07) is 15.4. The number of aromatic nitrogens is 1. The van der Waals surface area contributed by atoms with Gasteiger partial charge >= 0.3 is 0 Å². The maximum absolute atomic E-state index is 13.3. The van der Waals surface area contributed by atoms with Gasteiger partial charge < -0.3 is 19.7 Å². The van der Waals surface area contributed by atoms with Crippen LogP contribution in [0.2, 0.25) is 0 Å². The molecule has 156 valence electrons. The van der Waals surface area contributed by atoms with E-state index in [1.165, 1.54) is 16.5 Å². The predicted octanol–water partition coefficient (Wildman–Crippen LogP) is 3.66. The van der Waals surface area contributed by atoms with Crippen LogP contribution < -0.4 is 10.2 Å². The van der Waals surface area contributed by atoms with Gasteiger partial charge in [0.2, 0.25) is 0 Å². The van der Waals surface area contributed by atoms with Crippen molar-refractivity contribution >= 4 is 22.5 Å². The van der Waals surface area contributed by atoms with E-state index < -0.39 is 0 Å². The summed E-state index contributed by atoms with van der Waals surface area (Å²) in [6.45, 7) is 4.04. The molecule has 0 spiro atoms. The lowest BCUT2D eigenvalue weighted by molar-refractivity contribution is 0.0930. The molecule has 1 saturated carbocycles. The van der Waals surface area contributed by atoms with Crippen molar-refractivity contribution in [2.75, 3.05) is 32.1 Å². The van der Waals surface area contributed by atoms with Gasteiger partial charge in [0.15, 0.2) is 0 Å². The highest BCUT2D eigenvalue weighted by Crippen LogP contribution is 2.48. The van der Waals surface area contributed by atoms with E-state index in [1.807, 2.05) is 6.92 Å². The minimum Gasteiger partial charge on any atom is -0.368 e. The second-order valence-electron chi connectivity index (χ2n) is 9.22. The second kappa shape index (κ2) is 6.88. The Morgan fingerprint density at radius 3 is 2.60 bits per heavy atom. The van der Waals surface area contributed by atoms with Crippen LogP contribution in [0.15, 0.2) is 48.7 Å². The molecule has 5 nitrogen and oxygen atoms in total. The number of carbonyl (C=O) groups is 1. The van der Waals surface area contributed by atoms with Crippen molar-refractivity contribution in [3.05, 3.63) is 65.4 Å². The zero-order chi connectivity index (χ0) is 21.0. The molecule has 0 bridgehead atoms. The molecule has 1 amide bonds. The molecule has 2 aromatic carbocycles. The summed E-state index contributed by atoms with van der Waals surface area (Å²) in [4.78, 5) is 18.0. The fourth-order valence-corrected chi connectivity index (χ4v) is 4.64. The minimum absolute atomic E-state index is 0.0319. The number of amides is 1. The largest absolute Gasteiger partial charge is 0.368 e. The van der Waals surface area contributed by atoms with Gasteiger partial charge in [-0.05, 0) is 69.3 Å². The van der Waals surface area contributed by atoms with Crippen LogP contribution >= 0.6 is 0 Å². The molecular formula is C25H30N4O. The lowest BCUT2D eigenvalue weighted by Gasteiger charge is -2.44. The number of aryl methyl sites for hydroxylation is 2. The molecule has 1 aromatic heterocycles. The number of benzene rings is 2. The number of hydrogen-bond acceptors (Lipinski definition) is 3. The van der Waals surface area contributed by atoms with Gasteiger partial charge in [-0.3, -0.25) is 4.79 Å². The molecule has 0 unspecified atom stereocenters. The maximum atomic E-state index is 13.3. The Labute approximate surface area is 178 Å². The van der Waals surface area contributed by atoms with Crippen LogP contribution in [0, 0.1) is 6.92 Å². The van der Waals surface area contributed by atoms with Gasteiger partial charge in [-0.25, -0.2) is 0 Å². The molecule has 1 aliphatic heterocycles. The summed E-state index contributed by atoms with van der Waals surface area (Å²) >= 11 is 0. The van der Waals surface area contributed by atoms with Gasteiger partial charge in [0.1, 0.15) is 0 Å². The number of rotatable bonds is 5. The van der Waals surface area contributed by atoms with Crippen molar-refractivity contribution in [3.8, 4) is 0 Å². The van der Waals surface area contributed by atoms with Gasteiger partial charge in [0, 0.05) is 54.5 Å². The highest BCUT2D eigenvalue weighted by molar-refractivity contribution is 5.98. The summed E-state index contributed by atoms with van der Waals surface area (Å²) < 4.78 is 2.14. The lowest BCUT2D eigenvalue weighted by atomic mass is 9.98. The van der Waals surface area contributed by atoms with Crippen molar-refractivity contribution in [1.82, 2.24) is 14.8 Å². The summed E-state index contributed by atoms with van der Waals surface area (Å²) in [5.41, 5.74) is 5.15. The topological polar surface area (TPSA) is 40.5 Å². The molecule has 0 radical (unpaired) electrons. The minimum atomic E-state index is -0.243. The molecule has 1 saturated heterocycles. The fraction of sp³-hybridized carbons (Fsp3) is 0.400. The molecule has 3 aromatic rings. The van der Waals surface area contributed by atoms with E-state index in [0.29, 0.717) is 6.04 Å². The quantitative estimate of drug-likeness (QED) is 0.708. The Balaban J connectivity index is 1.40. The molecule has 2 aliphatic rings. The van der Waals surface area contributed by atoms with Crippen molar-refractivity contribution in [2.24, 2.45) is 7.05 Å². The van der Waals surface area contributed by atoms with E-state index in [0.717, 1.165) is 42.7 Å². The van der Waals surface area contributed by atoms with E-state index in [1.54, 1.807) is 0 Å². The third kappa shape index (κ3) is 3.08. The van der Waals surface area contributed by atoms with Crippen molar-refractivity contribution in [3.63, 3.8) is 0 Å². The number of hydrogen-bond donors (Lipinski definition) is 1. The number of likely N-dealkylation sites (N-methyl/N-ethyl adjacent to an activating group) is 1.